The molecule has 0 aliphatic heterocycles. The first-order valence-electron chi connectivity index (χ1n) is 11.0. The van der Waals surface area contributed by atoms with Gasteiger partial charge in [-0.05, 0) is 74.4 Å². The standard InChI is InChI=1S/C26H35N3O3/c1-5-14-32-22-15-18(2)23(19(3)16-22)17-24(27)26(31)29-20(4)25(30)28-13-9-12-21-10-7-6-8-11-21/h5-8,10-11,15-16,20,24H,1,9,12-14,17,27H2,2-4H3,(H,28,30)(H,29,31)/t20-,24?/m1/s1. The molecule has 0 heterocycles. The Bertz CT molecular complexity index is 889. The van der Waals surface area contributed by atoms with Gasteiger partial charge < -0.3 is 21.1 Å². The Hall–Kier alpha value is -3.12. The van der Waals surface area contributed by atoms with Gasteiger partial charge in [0.15, 0.2) is 0 Å². The van der Waals surface area contributed by atoms with E-state index in [0.29, 0.717) is 19.6 Å². The lowest BCUT2D eigenvalue weighted by Crippen LogP contribution is -2.51. The molecule has 0 saturated carbocycles. The van der Waals surface area contributed by atoms with Crippen LogP contribution >= 0.6 is 0 Å². The number of ether oxygens (including phenoxy) is 1. The molecule has 4 N–H and O–H groups in total. The number of rotatable bonds is 12. The predicted molar refractivity (Wildman–Crippen MR) is 129 cm³/mol. The summed E-state index contributed by atoms with van der Waals surface area (Å²) in [5, 5.41) is 5.60. The quantitative estimate of drug-likeness (QED) is 0.352. The minimum Gasteiger partial charge on any atom is -0.490 e. The fourth-order valence-electron chi connectivity index (χ4n) is 3.51. The van der Waals surface area contributed by atoms with E-state index in [0.717, 1.165) is 35.3 Å². The topological polar surface area (TPSA) is 93.4 Å². The number of amides is 2. The van der Waals surface area contributed by atoms with Gasteiger partial charge in [0.1, 0.15) is 18.4 Å². The number of nitrogens with one attached hydrogen (secondary N) is 2. The minimum absolute atomic E-state index is 0.213. The fourth-order valence-corrected chi connectivity index (χ4v) is 3.51. The predicted octanol–water partition coefficient (Wildman–Crippen LogP) is 2.99. The van der Waals surface area contributed by atoms with Crippen molar-refractivity contribution in [2.24, 2.45) is 5.73 Å². The van der Waals surface area contributed by atoms with E-state index in [1.54, 1.807) is 13.0 Å². The van der Waals surface area contributed by atoms with E-state index in [9.17, 15) is 9.59 Å². The van der Waals surface area contributed by atoms with Crippen molar-refractivity contribution in [3.05, 3.63) is 77.4 Å². The molecule has 0 spiro atoms. The SMILES string of the molecule is C=CCOc1cc(C)c(CC(N)C(=O)N[C@H](C)C(=O)NCCCc2ccccc2)c(C)c1. The molecule has 32 heavy (non-hydrogen) atoms. The zero-order chi connectivity index (χ0) is 23.5. The normalized spacial score (nSPS) is 12.5. The van der Waals surface area contributed by atoms with Crippen LogP contribution in [0.15, 0.2) is 55.1 Å². The zero-order valence-electron chi connectivity index (χ0n) is 19.3. The molecule has 0 aliphatic rings. The summed E-state index contributed by atoms with van der Waals surface area (Å²) in [7, 11) is 0. The third-order valence-corrected chi connectivity index (χ3v) is 5.33. The highest BCUT2D eigenvalue weighted by atomic mass is 16.5. The molecule has 6 heteroatoms. The summed E-state index contributed by atoms with van der Waals surface area (Å²) >= 11 is 0. The van der Waals surface area contributed by atoms with Crippen molar-refractivity contribution in [2.75, 3.05) is 13.2 Å². The Labute approximate surface area is 191 Å². The molecule has 0 aliphatic carbocycles. The van der Waals surface area contributed by atoms with Crippen LogP contribution in [0.1, 0.15) is 35.6 Å². The van der Waals surface area contributed by atoms with Gasteiger partial charge >= 0.3 is 0 Å². The van der Waals surface area contributed by atoms with Crippen molar-refractivity contribution in [1.82, 2.24) is 10.6 Å². The van der Waals surface area contributed by atoms with Gasteiger partial charge in [0.25, 0.3) is 0 Å². The number of carbonyl (C=O) groups is 2. The monoisotopic (exact) mass is 437 g/mol. The van der Waals surface area contributed by atoms with E-state index in [1.807, 2.05) is 44.2 Å². The molecule has 0 saturated heterocycles. The van der Waals surface area contributed by atoms with Crippen LogP contribution in [-0.2, 0) is 22.4 Å². The van der Waals surface area contributed by atoms with Crippen LogP contribution in [-0.4, -0.2) is 37.0 Å². The summed E-state index contributed by atoms with van der Waals surface area (Å²) in [6.45, 7) is 10.3. The average molecular weight is 438 g/mol. The lowest BCUT2D eigenvalue weighted by Gasteiger charge is -2.19. The third kappa shape index (κ3) is 7.85. The van der Waals surface area contributed by atoms with Gasteiger partial charge in [-0.15, -0.1) is 0 Å². The maximum Gasteiger partial charge on any atom is 0.242 e. The first kappa shape index (κ1) is 25.1. The van der Waals surface area contributed by atoms with Crippen molar-refractivity contribution in [1.29, 1.82) is 0 Å². The second kappa shape index (κ2) is 12.7. The molecular weight excluding hydrogens is 402 g/mol. The Morgan fingerprint density at radius 2 is 1.78 bits per heavy atom. The van der Waals surface area contributed by atoms with Gasteiger partial charge in [-0.25, -0.2) is 0 Å². The number of nitrogens with two attached hydrogens (primary N) is 1. The molecule has 2 amide bonds. The van der Waals surface area contributed by atoms with Crippen LogP contribution in [0.25, 0.3) is 0 Å². The number of aryl methyl sites for hydroxylation is 3. The molecule has 172 valence electrons. The molecule has 1 unspecified atom stereocenters. The molecule has 0 bridgehead atoms. The van der Waals surface area contributed by atoms with Gasteiger partial charge in [0.2, 0.25) is 11.8 Å². The molecule has 0 radical (unpaired) electrons. The Kier molecular flexibility index (Phi) is 9.95. The van der Waals surface area contributed by atoms with E-state index >= 15 is 0 Å². The van der Waals surface area contributed by atoms with Crippen molar-refractivity contribution >= 4 is 11.8 Å². The molecular formula is C26H35N3O3. The van der Waals surface area contributed by atoms with E-state index in [4.69, 9.17) is 10.5 Å². The minimum atomic E-state index is -0.749. The fraction of sp³-hybridized carbons (Fsp3) is 0.385. The number of benzene rings is 2. The van der Waals surface area contributed by atoms with Crippen molar-refractivity contribution in [3.63, 3.8) is 0 Å². The van der Waals surface area contributed by atoms with Crippen molar-refractivity contribution < 1.29 is 14.3 Å². The van der Waals surface area contributed by atoms with E-state index < -0.39 is 12.1 Å². The molecule has 6 nitrogen and oxygen atoms in total. The van der Waals surface area contributed by atoms with Gasteiger partial charge in [-0.2, -0.15) is 0 Å². The lowest BCUT2D eigenvalue weighted by atomic mass is 9.96. The maximum absolute atomic E-state index is 12.6. The van der Waals surface area contributed by atoms with E-state index in [1.165, 1.54) is 5.56 Å². The summed E-state index contributed by atoms with van der Waals surface area (Å²) in [5.41, 5.74) is 10.4. The largest absolute Gasteiger partial charge is 0.490 e. The summed E-state index contributed by atoms with van der Waals surface area (Å²) in [5.74, 6) is 0.205. The van der Waals surface area contributed by atoms with Crippen LogP contribution in [0.5, 0.6) is 5.75 Å². The van der Waals surface area contributed by atoms with Gasteiger partial charge in [-0.1, -0.05) is 43.0 Å². The van der Waals surface area contributed by atoms with Crippen LogP contribution < -0.4 is 21.1 Å². The Balaban J connectivity index is 1.80. The Morgan fingerprint density at radius 1 is 1.12 bits per heavy atom. The third-order valence-electron chi connectivity index (χ3n) is 5.33. The summed E-state index contributed by atoms with van der Waals surface area (Å²) in [6, 6.07) is 12.6. The Morgan fingerprint density at radius 3 is 2.41 bits per heavy atom. The highest BCUT2D eigenvalue weighted by Crippen LogP contribution is 2.23. The van der Waals surface area contributed by atoms with Gasteiger partial charge in [-0.3, -0.25) is 9.59 Å². The van der Waals surface area contributed by atoms with Crippen LogP contribution in [0, 0.1) is 13.8 Å². The molecule has 2 rings (SSSR count). The lowest BCUT2D eigenvalue weighted by molar-refractivity contribution is -0.129. The summed E-state index contributed by atoms with van der Waals surface area (Å²) in [6.07, 6.45) is 3.81. The van der Waals surface area contributed by atoms with Crippen LogP contribution in [0.3, 0.4) is 0 Å². The first-order valence-corrected chi connectivity index (χ1v) is 11.0. The smallest absolute Gasteiger partial charge is 0.242 e. The maximum atomic E-state index is 12.6. The molecule has 2 atom stereocenters. The molecule has 0 aromatic heterocycles. The van der Waals surface area contributed by atoms with E-state index in [2.05, 4.69) is 29.3 Å². The second-order valence-electron chi connectivity index (χ2n) is 8.06. The van der Waals surface area contributed by atoms with Crippen LogP contribution in [0.4, 0.5) is 0 Å². The zero-order valence-corrected chi connectivity index (χ0v) is 19.3. The van der Waals surface area contributed by atoms with Crippen molar-refractivity contribution in [3.8, 4) is 5.75 Å². The number of hydrogen-bond donors (Lipinski definition) is 3. The van der Waals surface area contributed by atoms with Crippen molar-refractivity contribution in [2.45, 2.75) is 52.1 Å². The second-order valence-corrected chi connectivity index (χ2v) is 8.06. The molecule has 2 aromatic rings. The molecule has 0 fully saturated rings. The highest BCUT2D eigenvalue weighted by molar-refractivity contribution is 5.89. The van der Waals surface area contributed by atoms with Crippen LogP contribution in [0.2, 0.25) is 0 Å². The summed E-state index contributed by atoms with van der Waals surface area (Å²) in [4.78, 5) is 24.9. The first-order chi connectivity index (χ1) is 15.3. The molecule has 2 aromatic carbocycles. The van der Waals surface area contributed by atoms with E-state index in [-0.39, 0.29) is 11.8 Å². The van der Waals surface area contributed by atoms with Gasteiger partial charge in [0.05, 0.1) is 6.04 Å². The highest BCUT2D eigenvalue weighted by Gasteiger charge is 2.21. The van der Waals surface area contributed by atoms with Gasteiger partial charge in [0, 0.05) is 6.54 Å². The summed E-state index contributed by atoms with van der Waals surface area (Å²) < 4.78 is 5.60. The number of carbonyl (C=O) groups excluding carboxylic acids is 2. The number of hydrogen-bond acceptors (Lipinski definition) is 4. The average Bonchev–Trinajstić information content (AvgIpc) is 2.78.